The van der Waals surface area contributed by atoms with Crippen molar-refractivity contribution in [2.45, 2.75) is 25.8 Å². The molecule has 2 aromatic rings. The Balaban J connectivity index is 0.000000422. The molecule has 1 N–H and O–H groups in total. The second-order valence-electron chi connectivity index (χ2n) is 7.24. The molecule has 2 aromatic carbocycles. The van der Waals surface area contributed by atoms with Crippen LogP contribution in [0.2, 0.25) is 0 Å². The van der Waals surface area contributed by atoms with Crippen LogP contribution in [0.3, 0.4) is 0 Å². The number of carboxylic acid groups (broad SMARTS) is 1. The van der Waals surface area contributed by atoms with Crippen LogP contribution in [0.4, 0.5) is 4.79 Å². The largest absolute Gasteiger partial charge is 1.00 e. The number of phenolic OH excluding ortho intramolecular Hbond substituents is 1. The lowest BCUT2D eigenvalue weighted by Crippen LogP contribution is -3.00. The summed E-state index contributed by atoms with van der Waals surface area (Å²) in [6.07, 6.45) is 2.82. The SMILES string of the molecule is CN(C)C(=O)[O-].C[N+]1(Cc2ccc3ccccc3c2O)CCCCC1.[Br-]. The van der Waals surface area contributed by atoms with E-state index in [1.807, 2.05) is 18.2 Å². The summed E-state index contributed by atoms with van der Waals surface area (Å²) in [7, 11) is 5.14. The molecular weight excluding hydrogens is 396 g/mol. The van der Waals surface area contributed by atoms with Crippen molar-refractivity contribution in [1.82, 2.24) is 4.90 Å². The molecule has 26 heavy (non-hydrogen) atoms. The predicted octanol–water partition coefficient (Wildman–Crippen LogP) is -0.429. The van der Waals surface area contributed by atoms with Gasteiger partial charge < -0.3 is 41.4 Å². The molecule has 0 bridgehead atoms. The number of piperidine rings is 1. The Morgan fingerprint density at radius 1 is 1.12 bits per heavy atom. The Bertz CT molecular complexity index is 728. The summed E-state index contributed by atoms with van der Waals surface area (Å²) in [6, 6.07) is 12.3. The van der Waals surface area contributed by atoms with E-state index < -0.39 is 6.09 Å². The molecule has 3 rings (SSSR count). The number of hydrogen-bond donors (Lipinski definition) is 1. The molecule has 1 aliphatic heterocycles. The number of benzene rings is 2. The summed E-state index contributed by atoms with van der Waals surface area (Å²) >= 11 is 0. The molecule has 0 aromatic heterocycles. The lowest BCUT2D eigenvalue weighted by atomic mass is 10.0. The molecule has 0 radical (unpaired) electrons. The van der Waals surface area contributed by atoms with Crippen molar-refractivity contribution < 1.29 is 36.5 Å². The fourth-order valence-corrected chi connectivity index (χ4v) is 3.27. The number of rotatable bonds is 2. The summed E-state index contributed by atoms with van der Waals surface area (Å²) < 4.78 is 1.06. The van der Waals surface area contributed by atoms with Gasteiger partial charge in [-0.3, -0.25) is 0 Å². The van der Waals surface area contributed by atoms with Gasteiger partial charge in [0.05, 0.1) is 20.1 Å². The molecule has 0 unspecified atom stereocenters. The van der Waals surface area contributed by atoms with Crippen molar-refractivity contribution in [1.29, 1.82) is 0 Å². The molecule has 1 fully saturated rings. The molecular formula is C20H28BrN2O3-. The minimum absolute atomic E-state index is 0. The van der Waals surface area contributed by atoms with Crippen LogP contribution in [0.25, 0.3) is 10.8 Å². The quantitative estimate of drug-likeness (QED) is 0.666. The van der Waals surface area contributed by atoms with Crippen molar-refractivity contribution in [3.8, 4) is 5.75 Å². The van der Waals surface area contributed by atoms with Gasteiger partial charge in [-0.1, -0.05) is 30.3 Å². The van der Waals surface area contributed by atoms with Crippen LogP contribution in [0.5, 0.6) is 5.75 Å². The number of carbonyl (C=O) groups is 1. The monoisotopic (exact) mass is 423 g/mol. The van der Waals surface area contributed by atoms with E-state index in [1.54, 1.807) is 0 Å². The minimum atomic E-state index is -1.16. The van der Waals surface area contributed by atoms with Gasteiger partial charge in [0, 0.05) is 25.0 Å². The molecule has 1 amide bonds. The van der Waals surface area contributed by atoms with Crippen molar-refractivity contribution in [3.05, 3.63) is 42.0 Å². The van der Waals surface area contributed by atoms with E-state index in [0.29, 0.717) is 5.75 Å². The lowest BCUT2D eigenvalue weighted by Gasteiger charge is -2.38. The first-order valence-electron chi connectivity index (χ1n) is 8.74. The van der Waals surface area contributed by atoms with E-state index in [1.165, 1.54) is 46.4 Å². The number of carbonyl (C=O) groups excluding carboxylic acids is 1. The Morgan fingerprint density at radius 3 is 2.27 bits per heavy atom. The smallest absolute Gasteiger partial charge is 0.136 e. The third kappa shape index (κ3) is 5.88. The Hall–Kier alpha value is -1.79. The maximum absolute atomic E-state index is 10.5. The highest BCUT2D eigenvalue weighted by molar-refractivity contribution is 5.89. The summed E-state index contributed by atoms with van der Waals surface area (Å²) in [5.41, 5.74) is 1.09. The Kier molecular flexibility index (Phi) is 8.37. The average molecular weight is 424 g/mol. The first-order valence-corrected chi connectivity index (χ1v) is 8.74. The number of fused-ring (bicyclic) bond motifs is 1. The van der Waals surface area contributed by atoms with Crippen LogP contribution in [-0.2, 0) is 6.54 Å². The molecule has 144 valence electrons. The van der Waals surface area contributed by atoms with Gasteiger partial charge in [-0.2, -0.15) is 0 Å². The standard InChI is InChI=1S/C17H21NO.C3H7NO2.BrH/c1-18(11-5-2-6-12-18)13-15-10-9-14-7-3-4-8-16(14)17(15)19;1-4(2)3(5)6;/h3-4,7-10H,2,5-6,11-13H2,1H3;1-2H3,(H,5,6);1H/p-1. The molecule has 1 aliphatic rings. The highest BCUT2D eigenvalue weighted by atomic mass is 79.9. The van der Waals surface area contributed by atoms with Gasteiger partial charge in [0.2, 0.25) is 0 Å². The zero-order chi connectivity index (χ0) is 18.4. The Morgan fingerprint density at radius 2 is 1.69 bits per heavy atom. The Labute approximate surface area is 166 Å². The van der Waals surface area contributed by atoms with Crippen LogP contribution < -0.4 is 22.1 Å². The number of halogens is 1. The molecule has 0 spiro atoms. The van der Waals surface area contributed by atoms with Crippen molar-refractivity contribution in [3.63, 3.8) is 0 Å². The van der Waals surface area contributed by atoms with Gasteiger partial charge in [-0.25, -0.2) is 0 Å². The van der Waals surface area contributed by atoms with Crippen LogP contribution in [0, 0.1) is 0 Å². The number of nitrogens with zero attached hydrogens (tertiary/aromatic N) is 2. The number of quaternary nitrogens is 1. The number of likely N-dealkylation sites (tertiary alicyclic amines) is 1. The average Bonchev–Trinajstić information content (AvgIpc) is 2.59. The van der Waals surface area contributed by atoms with Gasteiger partial charge in [0.25, 0.3) is 0 Å². The second-order valence-corrected chi connectivity index (χ2v) is 7.24. The predicted molar refractivity (Wildman–Crippen MR) is 98.2 cm³/mol. The zero-order valence-corrected chi connectivity index (χ0v) is 17.3. The molecule has 0 atom stereocenters. The maximum Gasteiger partial charge on any atom is 0.136 e. The van der Waals surface area contributed by atoms with Crippen LogP contribution >= 0.6 is 0 Å². The highest BCUT2D eigenvalue weighted by Crippen LogP contribution is 2.31. The summed E-state index contributed by atoms with van der Waals surface area (Å²) in [5, 5.41) is 22.1. The second kappa shape index (κ2) is 9.78. The van der Waals surface area contributed by atoms with E-state index in [4.69, 9.17) is 0 Å². The van der Waals surface area contributed by atoms with Gasteiger partial charge in [0.15, 0.2) is 0 Å². The maximum atomic E-state index is 10.5. The van der Waals surface area contributed by atoms with E-state index in [2.05, 4.69) is 25.2 Å². The third-order valence-corrected chi connectivity index (χ3v) is 4.80. The minimum Gasteiger partial charge on any atom is -1.00 e. The van der Waals surface area contributed by atoms with Crippen LogP contribution in [0.15, 0.2) is 36.4 Å². The molecule has 0 aliphatic carbocycles. The van der Waals surface area contributed by atoms with Gasteiger partial charge in [-0.05, 0) is 30.7 Å². The first kappa shape index (κ1) is 22.3. The first-order chi connectivity index (χ1) is 11.8. The van der Waals surface area contributed by atoms with Gasteiger partial charge in [0.1, 0.15) is 18.4 Å². The van der Waals surface area contributed by atoms with E-state index >= 15 is 0 Å². The topological polar surface area (TPSA) is 63.6 Å². The summed E-state index contributed by atoms with van der Waals surface area (Å²) in [4.78, 5) is 10.5. The van der Waals surface area contributed by atoms with Crippen LogP contribution in [-0.4, -0.2) is 54.8 Å². The van der Waals surface area contributed by atoms with E-state index in [0.717, 1.165) is 32.3 Å². The van der Waals surface area contributed by atoms with E-state index in [9.17, 15) is 15.0 Å². The van der Waals surface area contributed by atoms with Crippen molar-refractivity contribution >= 4 is 16.9 Å². The number of aromatic hydroxyl groups is 1. The molecule has 6 heteroatoms. The third-order valence-electron chi connectivity index (χ3n) is 4.80. The van der Waals surface area contributed by atoms with Crippen LogP contribution in [0.1, 0.15) is 24.8 Å². The fourth-order valence-electron chi connectivity index (χ4n) is 3.27. The summed E-state index contributed by atoms with van der Waals surface area (Å²) in [6.45, 7) is 3.40. The molecule has 5 nitrogen and oxygen atoms in total. The van der Waals surface area contributed by atoms with Crippen molar-refractivity contribution in [2.75, 3.05) is 34.2 Å². The van der Waals surface area contributed by atoms with Gasteiger partial charge >= 0.3 is 0 Å². The number of phenols is 1. The van der Waals surface area contributed by atoms with Crippen molar-refractivity contribution in [2.24, 2.45) is 0 Å². The zero-order valence-electron chi connectivity index (χ0n) is 15.7. The molecule has 1 heterocycles. The lowest BCUT2D eigenvalue weighted by molar-refractivity contribution is -0.926. The summed E-state index contributed by atoms with van der Waals surface area (Å²) in [5.74, 6) is 0.475. The number of amides is 1. The fraction of sp³-hybridized carbons (Fsp3) is 0.450. The van der Waals surface area contributed by atoms with E-state index in [-0.39, 0.29) is 17.0 Å². The molecule has 1 saturated heterocycles. The highest BCUT2D eigenvalue weighted by Gasteiger charge is 2.26. The molecule has 0 saturated carbocycles. The number of hydrogen-bond acceptors (Lipinski definition) is 3. The van der Waals surface area contributed by atoms with Gasteiger partial charge in [-0.15, -0.1) is 0 Å². The normalized spacial score (nSPS) is 15.3.